The van der Waals surface area contributed by atoms with Gasteiger partial charge in [0.25, 0.3) is 0 Å². The van der Waals surface area contributed by atoms with Crippen molar-refractivity contribution in [3.63, 3.8) is 0 Å². The maximum atomic E-state index is 12.7. The molecule has 0 unspecified atom stereocenters. The van der Waals surface area contributed by atoms with E-state index in [9.17, 15) is 4.79 Å². The molecule has 0 bridgehead atoms. The summed E-state index contributed by atoms with van der Waals surface area (Å²) in [5, 5.41) is 11.7. The Hall–Kier alpha value is -3.24. The zero-order valence-electron chi connectivity index (χ0n) is 19.6. The van der Waals surface area contributed by atoms with Crippen LogP contribution < -0.4 is 19.7 Å². The number of nitrogens with one attached hydrogen (secondary N) is 1. The molecule has 0 spiro atoms. The molecule has 1 saturated heterocycles. The highest BCUT2D eigenvalue weighted by Gasteiger charge is 2.19. The average Bonchev–Trinajstić information content (AvgIpc) is 3.22. The highest BCUT2D eigenvalue weighted by molar-refractivity contribution is 8.00. The van der Waals surface area contributed by atoms with Crippen molar-refractivity contribution in [2.75, 3.05) is 43.6 Å². The second-order valence-electron chi connectivity index (χ2n) is 7.82. The lowest BCUT2D eigenvalue weighted by Gasteiger charge is -2.28. The predicted octanol–water partition coefficient (Wildman–Crippen LogP) is 3.36. The molecule has 34 heavy (non-hydrogen) atoms. The number of hydrogen-bond acceptors (Lipinski definition) is 8. The first-order valence-corrected chi connectivity index (χ1v) is 12.0. The Morgan fingerprint density at radius 1 is 1.09 bits per heavy atom. The van der Waals surface area contributed by atoms with Gasteiger partial charge in [-0.15, -0.1) is 10.2 Å². The standard InChI is InChI=1S/C24H29N5O4S/c1-17(23(30)25-18-4-6-19(7-5-18)29-12-14-32-15-13-29)34-24-27-26-22(28(24)2)16-33-21-10-8-20(31-3)9-11-21/h4-11,17H,12-16H2,1-3H3,(H,25,30)/t17-/m0/s1. The first-order chi connectivity index (χ1) is 16.5. The molecule has 0 saturated carbocycles. The number of amides is 1. The summed E-state index contributed by atoms with van der Waals surface area (Å²) in [7, 11) is 3.49. The minimum absolute atomic E-state index is 0.0943. The van der Waals surface area contributed by atoms with Gasteiger partial charge < -0.3 is 29.0 Å². The lowest BCUT2D eigenvalue weighted by Crippen LogP contribution is -2.36. The van der Waals surface area contributed by atoms with E-state index in [-0.39, 0.29) is 17.8 Å². The molecule has 1 atom stereocenters. The molecular formula is C24H29N5O4S. The molecule has 1 fully saturated rings. The van der Waals surface area contributed by atoms with Crippen molar-refractivity contribution < 1.29 is 19.0 Å². The van der Waals surface area contributed by atoms with Crippen LogP contribution in [-0.2, 0) is 23.2 Å². The van der Waals surface area contributed by atoms with Gasteiger partial charge in [-0.05, 0) is 55.5 Å². The normalized spacial score (nSPS) is 14.5. The Morgan fingerprint density at radius 3 is 2.44 bits per heavy atom. The van der Waals surface area contributed by atoms with Gasteiger partial charge >= 0.3 is 0 Å². The number of carbonyl (C=O) groups is 1. The van der Waals surface area contributed by atoms with Gasteiger partial charge in [-0.1, -0.05) is 11.8 Å². The molecule has 1 amide bonds. The molecule has 1 aliphatic heterocycles. The molecular weight excluding hydrogens is 454 g/mol. The Bertz CT molecular complexity index is 1080. The van der Waals surface area contributed by atoms with Crippen molar-refractivity contribution in [1.29, 1.82) is 0 Å². The van der Waals surface area contributed by atoms with E-state index in [1.54, 1.807) is 7.11 Å². The van der Waals surface area contributed by atoms with Crippen LogP contribution >= 0.6 is 11.8 Å². The Labute approximate surface area is 203 Å². The molecule has 9 nitrogen and oxygen atoms in total. The average molecular weight is 484 g/mol. The van der Waals surface area contributed by atoms with E-state index in [4.69, 9.17) is 14.2 Å². The number of thioether (sulfide) groups is 1. The third-order valence-corrected chi connectivity index (χ3v) is 6.65. The predicted molar refractivity (Wildman–Crippen MR) is 132 cm³/mol. The van der Waals surface area contributed by atoms with Gasteiger partial charge in [-0.2, -0.15) is 0 Å². The molecule has 1 N–H and O–H groups in total. The van der Waals surface area contributed by atoms with E-state index in [0.717, 1.165) is 43.4 Å². The quantitative estimate of drug-likeness (QED) is 0.464. The van der Waals surface area contributed by atoms with Gasteiger partial charge in [0.2, 0.25) is 5.91 Å². The Morgan fingerprint density at radius 2 is 1.76 bits per heavy atom. The second-order valence-corrected chi connectivity index (χ2v) is 9.13. The first-order valence-electron chi connectivity index (χ1n) is 11.1. The molecule has 1 aromatic heterocycles. The summed E-state index contributed by atoms with van der Waals surface area (Å²) < 4.78 is 18.2. The molecule has 0 aliphatic carbocycles. The SMILES string of the molecule is COc1ccc(OCc2nnc(S[C@@H](C)C(=O)Nc3ccc(N4CCOCC4)cc3)n2C)cc1. The minimum atomic E-state index is -0.350. The van der Waals surface area contributed by atoms with Crippen molar-refractivity contribution in [2.24, 2.45) is 7.05 Å². The van der Waals surface area contributed by atoms with E-state index in [0.29, 0.717) is 16.7 Å². The van der Waals surface area contributed by atoms with Crippen LogP contribution in [0.1, 0.15) is 12.7 Å². The number of benzene rings is 2. The van der Waals surface area contributed by atoms with Crippen LogP contribution in [0.4, 0.5) is 11.4 Å². The van der Waals surface area contributed by atoms with Crippen molar-refractivity contribution in [1.82, 2.24) is 14.8 Å². The monoisotopic (exact) mass is 483 g/mol. The van der Waals surface area contributed by atoms with E-state index in [1.807, 2.05) is 67.1 Å². The van der Waals surface area contributed by atoms with Crippen molar-refractivity contribution in [2.45, 2.75) is 23.9 Å². The van der Waals surface area contributed by atoms with Crippen LogP contribution in [-0.4, -0.2) is 59.3 Å². The third kappa shape index (κ3) is 6.00. The van der Waals surface area contributed by atoms with Gasteiger partial charge in [0.1, 0.15) is 18.1 Å². The number of rotatable bonds is 9. The van der Waals surface area contributed by atoms with Gasteiger partial charge in [0, 0.05) is 31.5 Å². The first kappa shape index (κ1) is 23.9. The highest BCUT2D eigenvalue weighted by Crippen LogP contribution is 2.25. The van der Waals surface area contributed by atoms with Crippen LogP contribution in [0, 0.1) is 0 Å². The molecule has 2 heterocycles. The molecule has 0 radical (unpaired) electrons. The second kappa shape index (κ2) is 11.3. The van der Waals surface area contributed by atoms with Gasteiger partial charge in [0.05, 0.1) is 25.6 Å². The summed E-state index contributed by atoms with van der Waals surface area (Å²) in [4.78, 5) is 15.0. The Kier molecular flexibility index (Phi) is 7.91. The number of ether oxygens (including phenoxy) is 3. The number of hydrogen-bond donors (Lipinski definition) is 1. The minimum Gasteiger partial charge on any atom is -0.497 e. The number of methoxy groups -OCH3 is 1. The molecule has 10 heteroatoms. The highest BCUT2D eigenvalue weighted by atomic mass is 32.2. The molecule has 180 valence electrons. The summed E-state index contributed by atoms with van der Waals surface area (Å²) in [6.07, 6.45) is 0. The zero-order valence-corrected chi connectivity index (χ0v) is 20.4. The lowest BCUT2D eigenvalue weighted by molar-refractivity contribution is -0.115. The molecule has 4 rings (SSSR count). The third-order valence-electron chi connectivity index (χ3n) is 5.51. The lowest BCUT2D eigenvalue weighted by atomic mass is 10.2. The van der Waals surface area contributed by atoms with Crippen LogP contribution in [0.25, 0.3) is 0 Å². The number of anilines is 2. The van der Waals surface area contributed by atoms with Crippen molar-refractivity contribution in [3.05, 3.63) is 54.4 Å². The van der Waals surface area contributed by atoms with E-state index in [1.165, 1.54) is 11.8 Å². The zero-order chi connectivity index (χ0) is 23.9. The summed E-state index contributed by atoms with van der Waals surface area (Å²) in [6, 6.07) is 15.3. The van der Waals surface area contributed by atoms with Crippen LogP contribution in [0.15, 0.2) is 53.7 Å². The van der Waals surface area contributed by atoms with Gasteiger partial charge in [0.15, 0.2) is 11.0 Å². The van der Waals surface area contributed by atoms with E-state index < -0.39 is 0 Å². The van der Waals surface area contributed by atoms with E-state index in [2.05, 4.69) is 20.4 Å². The summed E-state index contributed by atoms with van der Waals surface area (Å²) in [6.45, 7) is 5.36. The van der Waals surface area contributed by atoms with Gasteiger partial charge in [-0.3, -0.25) is 4.79 Å². The number of morpholine rings is 1. The summed E-state index contributed by atoms with van der Waals surface area (Å²) >= 11 is 1.35. The molecule has 2 aromatic carbocycles. The topological polar surface area (TPSA) is 90.7 Å². The van der Waals surface area contributed by atoms with Crippen LogP contribution in [0.2, 0.25) is 0 Å². The van der Waals surface area contributed by atoms with Crippen LogP contribution in [0.5, 0.6) is 11.5 Å². The molecule has 3 aromatic rings. The van der Waals surface area contributed by atoms with Crippen molar-refractivity contribution in [3.8, 4) is 11.5 Å². The maximum Gasteiger partial charge on any atom is 0.237 e. The fourth-order valence-electron chi connectivity index (χ4n) is 3.43. The summed E-state index contributed by atoms with van der Waals surface area (Å²) in [5.74, 6) is 2.06. The van der Waals surface area contributed by atoms with Gasteiger partial charge in [-0.25, -0.2) is 0 Å². The van der Waals surface area contributed by atoms with Crippen LogP contribution in [0.3, 0.4) is 0 Å². The number of carbonyl (C=O) groups excluding carboxylic acids is 1. The molecule has 1 aliphatic rings. The summed E-state index contributed by atoms with van der Waals surface area (Å²) in [5.41, 5.74) is 1.90. The fourth-order valence-corrected chi connectivity index (χ4v) is 4.26. The fraction of sp³-hybridized carbons (Fsp3) is 0.375. The number of aromatic nitrogens is 3. The van der Waals surface area contributed by atoms with E-state index >= 15 is 0 Å². The smallest absolute Gasteiger partial charge is 0.237 e. The van der Waals surface area contributed by atoms with Crippen molar-refractivity contribution >= 4 is 29.0 Å². The number of nitrogens with zero attached hydrogens (tertiary/aromatic N) is 4. The largest absolute Gasteiger partial charge is 0.497 e. The maximum absolute atomic E-state index is 12.7. The Balaban J connectivity index is 1.29.